The number of nitrogens with zero attached hydrogens (tertiary/aromatic N) is 4. The minimum absolute atomic E-state index is 0.194. The molecule has 1 aliphatic heterocycles. The van der Waals surface area contributed by atoms with Gasteiger partial charge < -0.3 is 19.4 Å². The molecular formula is C23H22ClN5O2. The Morgan fingerprint density at radius 1 is 1.06 bits per heavy atom. The Labute approximate surface area is 185 Å². The number of hydrogen-bond acceptors (Lipinski definition) is 6. The van der Waals surface area contributed by atoms with Crippen molar-refractivity contribution in [1.82, 2.24) is 19.5 Å². The summed E-state index contributed by atoms with van der Waals surface area (Å²) >= 11 is 5.70. The van der Waals surface area contributed by atoms with Gasteiger partial charge in [-0.2, -0.15) is 0 Å². The van der Waals surface area contributed by atoms with Gasteiger partial charge in [0.1, 0.15) is 5.75 Å². The van der Waals surface area contributed by atoms with Crippen molar-refractivity contribution in [3.63, 3.8) is 0 Å². The van der Waals surface area contributed by atoms with Crippen LogP contribution in [0.25, 0.3) is 11.0 Å². The molecule has 0 radical (unpaired) electrons. The first-order chi connectivity index (χ1) is 15.1. The lowest BCUT2D eigenvalue weighted by molar-refractivity contribution is -0.0312. The maximum atomic E-state index is 5.73. The van der Waals surface area contributed by atoms with Gasteiger partial charge in [-0.3, -0.25) is 0 Å². The molecule has 0 unspecified atom stereocenters. The number of imidazole rings is 1. The number of aromatic nitrogens is 4. The summed E-state index contributed by atoms with van der Waals surface area (Å²) in [7, 11) is 2.04. The van der Waals surface area contributed by atoms with E-state index in [0.717, 1.165) is 42.2 Å². The topological polar surface area (TPSA) is 74.1 Å². The van der Waals surface area contributed by atoms with Gasteiger partial charge in [-0.25, -0.2) is 15.0 Å². The van der Waals surface area contributed by atoms with Gasteiger partial charge in [-0.05, 0) is 53.4 Å². The highest BCUT2D eigenvalue weighted by atomic mass is 35.5. The number of benzene rings is 2. The highest BCUT2D eigenvalue weighted by Gasteiger charge is 2.19. The number of rotatable bonds is 7. The Hall–Kier alpha value is -3.16. The van der Waals surface area contributed by atoms with E-state index >= 15 is 0 Å². The molecule has 0 saturated carbocycles. The van der Waals surface area contributed by atoms with E-state index in [1.165, 1.54) is 5.56 Å². The SMILES string of the molecule is Cn1c(NCc2ccc(Oc3cnc(Cl)nc3)cc2)nc2ccc(CC3COC3)cc21. The van der Waals surface area contributed by atoms with Crippen molar-refractivity contribution in [3.8, 4) is 11.5 Å². The summed E-state index contributed by atoms with van der Waals surface area (Å²) in [6.45, 7) is 2.40. The minimum Gasteiger partial charge on any atom is -0.454 e. The summed E-state index contributed by atoms with van der Waals surface area (Å²) in [6, 6.07) is 14.4. The third-order valence-corrected chi connectivity index (χ3v) is 5.58. The van der Waals surface area contributed by atoms with Gasteiger partial charge in [0.05, 0.1) is 36.6 Å². The van der Waals surface area contributed by atoms with Gasteiger partial charge in [-0.15, -0.1) is 0 Å². The molecule has 0 atom stereocenters. The van der Waals surface area contributed by atoms with Crippen LogP contribution in [-0.4, -0.2) is 32.7 Å². The third-order valence-electron chi connectivity index (χ3n) is 5.38. The summed E-state index contributed by atoms with van der Waals surface area (Å²) in [5, 5.41) is 3.63. The van der Waals surface area contributed by atoms with E-state index < -0.39 is 0 Å². The zero-order chi connectivity index (χ0) is 21.2. The molecule has 0 bridgehead atoms. The normalized spacial score (nSPS) is 13.9. The van der Waals surface area contributed by atoms with Crippen LogP contribution in [0.5, 0.6) is 11.5 Å². The molecule has 3 heterocycles. The molecule has 7 nitrogen and oxygen atoms in total. The third kappa shape index (κ3) is 4.47. The van der Waals surface area contributed by atoms with E-state index in [1.54, 1.807) is 12.4 Å². The molecule has 158 valence electrons. The second kappa shape index (κ2) is 8.53. The fraction of sp³-hybridized carbons (Fsp3) is 0.261. The fourth-order valence-corrected chi connectivity index (χ4v) is 3.70. The Bertz CT molecular complexity index is 1190. The molecule has 0 amide bonds. The molecule has 1 fully saturated rings. The van der Waals surface area contributed by atoms with Crippen molar-refractivity contribution < 1.29 is 9.47 Å². The minimum atomic E-state index is 0.194. The van der Waals surface area contributed by atoms with Gasteiger partial charge in [0.2, 0.25) is 11.2 Å². The van der Waals surface area contributed by atoms with E-state index in [4.69, 9.17) is 26.1 Å². The van der Waals surface area contributed by atoms with Crippen molar-refractivity contribution >= 4 is 28.6 Å². The molecule has 5 rings (SSSR count). The molecule has 1 aliphatic rings. The lowest BCUT2D eigenvalue weighted by Gasteiger charge is -2.25. The Morgan fingerprint density at radius 3 is 2.52 bits per heavy atom. The van der Waals surface area contributed by atoms with Crippen LogP contribution in [0.15, 0.2) is 54.9 Å². The van der Waals surface area contributed by atoms with Crippen molar-refractivity contribution in [2.45, 2.75) is 13.0 Å². The van der Waals surface area contributed by atoms with Crippen LogP contribution >= 0.6 is 11.6 Å². The van der Waals surface area contributed by atoms with Crippen LogP contribution in [0.2, 0.25) is 5.28 Å². The summed E-state index contributed by atoms with van der Waals surface area (Å²) in [5.41, 5.74) is 4.58. The van der Waals surface area contributed by atoms with Crippen LogP contribution in [0.4, 0.5) is 5.95 Å². The molecule has 4 aromatic rings. The van der Waals surface area contributed by atoms with Crippen LogP contribution < -0.4 is 10.1 Å². The molecule has 31 heavy (non-hydrogen) atoms. The number of fused-ring (bicyclic) bond motifs is 1. The van der Waals surface area contributed by atoms with Crippen molar-refractivity contribution in [2.75, 3.05) is 18.5 Å². The van der Waals surface area contributed by atoms with Gasteiger partial charge in [0.15, 0.2) is 5.75 Å². The lowest BCUT2D eigenvalue weighted by Crippen LogP contribution is -2.29. The monoisotopic (exact) mass is 435 g/mol. The van der Waals surface area contributed by atoms with Crippen LogP contribution in [0.1, 0.15) is 11.1 Å². The highest BCUT2D eigenvalue weighted by molar-refractivity contribution is 6.28. The van der Waals surface area contributed by atoms with E-state index in [2.05, 4.69) is 38.1 Å². The summed E-state index contributed by atoms with van der Waals surface area (Å²) in [6.07, 6.45) is 4.14. The zero-order valence-corrected chi connectivity index (χ0v) is 17.8. The average Bonchev–Trinajstić information content (AvgIpc) is 3.07. The molecule has 0 aliphatic carbocycles. The molecule has 1 saturated heterocycles. The predicted octanol–water partition coefficient (Wildman–Crippen LogP) is 4.61. The van der Waals surface area contributed by atoms with Crippen molar-refractivity contribution in [3.05, 3.63) is 71.3 Å². The lowest BCUT2D eigenvalue weighted by atomic mass is 9.98. The number of ether oxygens (including phenoxy) is 2. The maximum absolute atomic E-state index is 5.73. The van der Waals surface area contributed by atoms with Crippen molar-refractivity contribution in [1.29, 1.82) is 0 Å². The standard InChI is InChI=1S/C23H22ClN5O2/c1-29-21-9-16(8-17-13-30-14-17)4-7-20(21)28-23(29)27-10-15-2-5-18(6-3-15)31-19-11-25-22(24)26-12-19/h2-7,9,11-12,17H,8,10,13-14H2,1H3,(H,27,28). The molecule has 0 spiro atoms. The average molecular weight is 436 g/mol. The quantitative estimate of drug-likeness (QED) is 0.427. The first-order valence-corrected chi connectivity index (χ1v) is 10.5. The number of halogens is 1. The second-order valence-electron chi connectivity index (χ2n) is 7.71. The molecule has 1 N–H and O–H groups in total. The Kier molecular flexibility index (Phi) is 5.44. The second-order valence-corrected chi connectivity index (χ2v) is 8.05. The molecular weight excluding hydrogens is 414 g/mol. The zero-order valence-electron chi connectivity index (χ0n) is 17.1. The highest BCUT2D eigenvalue weighted by Crippen LogP contribution is 2.24. The fourth-order valence-electron chi connectivity index (χ4n) is 3.60. The first kappa shape index (κ1) is 19.8. The van der Waals surface area contributed by atoms with E-state index in [-0.39, 0.29) is 5.28 Å². The number of hydrogen-bond donors (Lipinski definition) is 1. The summed E-state index contributed by atoms with van der Waals surface area (Å²) < 4.78 is 13.1. The summed E-state index contributed by atoms with van der Waals surface area (Å²) in [5.74, 6) is 2.74. The summed E-state index contributed by atoms with van der Waals surface area (Å²) in [4.78, 5) is 12.6. The largest absolute Gasteiger partial charge is 0.454 e. The van der Waals surface area contributed by atoms with Gasteiger partial charge in [0.25, 0.3) is 0 Å². The van der Waals surface area contributed by atoms with E-state index in [9.17, 15) is 0 Å². The maximum Gasteiger partial charge on any atom is 0.222 e. The van der Waals surface area contributed by atoms with Crippen LogP contribution in [0.3, 0.4) is 0 Å². The van der Waals surface area contributed by atoms with Gasteiger partial charge in [-0.1, -0.05) is 18.2 Å². The van der Waals surface area contributed by atoms with Crippen LogP contribution in [0, 0.1) is 5.92 Å². The van der Waals surface area contributed by atoms with Gasteiger partial charge in [0, 0.05) is 19.5 Å². The molecule has 2 aromatic heterocycles. The first-order valence-electron chi connectivity index (χ1n) is 10.2. The Balaban J connectivity index is 1.23. The van der Waals surface area contributed by atoms with Gasteiger partial charge >= 0.3 is 0 Å². The number of aryl methyl sites for hydroxylation is 1. The Morgan fingerprint density at radius 2 is 1.81 bits per heavy atom. The molecule has 8 heteroatoms. The van der Waals surface area contributed by atoms with Crippen LogP contribution in [-0.2, 0) is 24.8 Å². The van der Waals surface area contributed by atoms with E-state index in [1.807, 2.05) is 31.3 Å². The number of nitrogens with one attached hydrogen (secondary N) is 1. The number of anilines is 1. The smallest absolute Gasteiger partial charge is 0.222 e. The van der Waals surface area contributed by atoms with E-state index in [0.29, 0.717) is 24.0 Å². The predicted molar refractivity (Wildman–Crippen MR) is 120 cm³/mol. The van der Waals surface area contributed by atoms with Crippen molar-refractivity contribution in [2.24, 2.45) is 13.0 Å². The molecule has 2 aromatic carbocycles.